The molecule has 0 bridgehead atoms. The summed E-state index contributed by atoms with van der Waals surface area (Å²) in [5.74, 6) is 0. The average molecular weight is 547 g/mol. The summed E-state index contributed by atoms with van der Waals surface area (Å²) in [7, 11) is -0.000912. The lowest BCUT2D eigenvalue weighted by Gasteiger charge is -2.42. The first-order chi connectivity index (χ1) is 19.6. The van der Waals surface area contributed by atoms with Gasteiger partial charge in [0.2, 0.25) is 0 Å². The monoisotopic (exact) mass is 546 g/mol. The van der Waals surface area contributed by atoms with Gasteiger partial charge >= 0.3 is 0 Å². The molecule has 5 aromatic carbocycles. The van der Waals surface area contributed by atoms with Crippen LogP contribution in [0.3, 0.4) is 0 Å². The fraction of sp³-hybridized carbons (Fsp3) is 0.225. The third-order valence-corrected chi connectivity index (χ3v) is 10.7. The van der Waals surface area contributed by atoms with E-state index in [9.17, 15) is 0 Å². The maximum atomic E-state index is 2.65. The zero-order valence-corrected chi connectivity index (χ0v) is 26.2. The van der Waals surface area contributed by atoms with Crippen LogP contribution in [-0.4, -0.2) is 9.13 Å². The molecule has 1 aliphatic heterocycles. The molecule has 0 atom stereocenters. The van der Waals surface area contributed by atoms with Gasteiger partial charge in [-0.05, 0) is 75.4 Å². The summed E-state index contributed by atoms with van der Waals surface area (Å²) in [5.41, 5.74) is 6.75. The molecule has 0 aromatic heterocycles. The third-order valence-electron chi connectivity index (χ3n) is 9.16. The first-order valence-corrected chi connectivity index (χ1v) is 16.0. The Bertz CT molecular complexity index is 1970. The Kier molecular flexibility index (Phi) is 5.79. The van der Waals surface area contributed by atoms with Crippen molar-refractivity contribution in [3.8, 4) is 0 Å². The lowest BCUT2D eigenvalue weighted by atomic mass is 9.61. The van der Waals surface area contributed by atoms with Crippen LogP contribution in [0.2, 0.25) is 0 Å². The van der Waals surface area contributed by atoms with Gasteiger partial charge in [0, 0.05) is 9.13 Å². The van der Waals surface area contributed by atoms with Gasteiger partial charge in [-0.15, -0.1) is 0 Å². The molecule has 0 radical (unpaired) electrons. The summed E-state index contributed by atoms with van der Waals surface area (Å²) in [4.78, 5) is 1.52. The van der Waals surface area contributed by atoms with Crippen LogP contribution < -0.4 is 5.22 Å². The van der Waals surface area contributed by atoms with Crippen LogP contribution >= 0.6 is 0 Å². The fourth-order valence-electron chi connectivity index (χ4n) is 6.97. The number of fused-ring (bicyclic) bond motifs is 4. The summed E-state index contributed by atoms with van der Waals surface area (Å²) in [6.45, 7) is 14.1. The van der Waals surface area contributed by atoms with E-state index in [-0.39, 0.29) is 20.0 Å². The van der Waals surface area contributed by atoms with Crippen LogP contribution in [0.25, 0.3) is 27.1 Å². The van der Waals surface area contributed by atoms with E-state index in [1.165, 1.54) is 59.4 Å². The van der Waals surface area contributed by atoms with Crippen molar-refractivity contribution in [2.24, 2.45) is 5.41 Å². The normalized spacial score (nSPS) is 16.2. The predicted octanol–water partition coefficient (Wildman–Crippen LogP) is 9.00. The van der Waals surface area contributed by atoms with Crippen molar-refractivity contribution in [1.29, 1.82) is 0 Å². The molecular formula is C40H38Si. The molecule has 0 amide bonds. The van der Waals surface area contributed by atoms with Crippen molar-refractivity contribution < 1.29 is 0 Å². The molecular weight excluding hydrogens is 509 g/mol. The molecule has 202 valence electrons. The van der Waals surface area contributed by atoms with Gasteiger partial charge in [0.15, 0.2) is 0 Å². The van der Waals surface area contributed by atoms with Gasteiger partial charge < -0.3 is 0 Å². The minimum absolute atomic E-state index is 0.000912. The highest BCUT2D eigenvalue weighted by molar-refractivity contribution is 6.45. The van der Waals surface area contributed by atoms with Gasteiger partial charge in [0.1, 0.15) is 0 Å². The van der Waals surface area contributed by atoms with Crippen molar-refractivity contribution in [2.75, 3.05) is 0 Å². The molecule has 0 nitrogen and oxygen atoms in total. The Labute approximate surface area is 246 Å². The zero-order chi connectivity index (χ0) is 28.6. The molecule has 5 aromatic rings. The fourth-order valence-corrected chi connectivity index (χ4v) is 8.67. The standard InChI is InChI=1S/C40H38Si/c1-38(2,3)28-21-22-35-32(23-28)37-36(41-35)24-29(39(4,5)6)25-40(37,33-19-11-15-26-13-7-9-17-30(26)33)34-20-12-16-27-14-8-10-18-31(27)34/h7-25,41H,1-6H3. The Morgan fingerprint density at radius 1 is 0.585 bits per heavy atom. The van der Waals surface area contributed by atoms with Crippen LogP contribution in [0.15, 0.2) is 126 Å². The summed E-state index contributed by atoms with van der Waals surface area (Å²) < 4.78 is 0. The maximum absolute atomic E-state index is 2.65. The van der Waals surface area contributed by atoms with Crippen LogP contribution in [-0.2, 0) is 10.8 Å². The van der Waals surface area contributed by atoms with Crippen LogP contribution in [0.1, 0.15) is 58.2 Å². The Balaban J connectivity index is 1.76. The average Bonchev–Trinajstić information content (AvgIpc) is 3.34. The highest BCUT2D eigenvalue weighted by Crippen LogP contribution is 2.53. The zero-order valence-electron chi connectivity index (χ0n) is 25.0. The first-order valence-electron chi connectivity index (χ1n) is 14.9. The highest BCUT2D eigenvalue weighted by atomic mass is 28.2. The maximum Gasteiger partial charge on any atom is 0.0657 e. The van der Waals surface area contributed by atoms with E-state index in [4.69, 9.17) is 0 Å². The van der Waals surface area contributed by atoms with Crippen molar-refractivity contribution >= 4 is 36.2 Å². The van der Waals surface area contributed by atoms with E-state index < -0.39 is 5.41 Å². The molecule has 0 saturated heterocycles. The van der Waals surface area contributed by atoms with Gasteiger partial charge in [-0.25, -0.2) is 0 Å². The summed E-state index contributed by atoms with van der Waals surface area (Å²) in [6, 6.07) is 39.1. The van der Waals surface area contributed by atoms with Crippen molar-refractivity contribution in [1.82, 2.24) is 0 Å². The number of rotatable bonds is 2. The summed E-state index contributed by atoms with van der Waals surface area (Å²) in [5, 5.41) is 8.23. The molecule has 1 aliphatic carbocycles. The Hall–Kier alpha value is -3.81. The minimum atomic E-state index is -0.427. The van der Waals surface area contributed by atoms with E-state index in [0.717, 1.165) is 0 Å². The molecule has 0 spiro atoms. The number of hydrogen-bond donors (Lipinski definition) is 0. The third kappa shape index (κ3) is 4.05. The van der Waals surface area contributed by atoms with Gasteiger partial charge in [-0.3, -0.25) is 0 Å². The van der Waals surface area contributed by atoms with Crippen molar-refractivity contribution in [3.63, 3.8) is 0 Å². The van der Waals surface area contributed by atoms with Gasteiger partial charge in [0.05, 0.1) is 5.41 Å². The second kappa shape index (κ2) is 9.09. The largest absolute Gasteiger partial charge is 0.0657 e. The SMILES string of the molecule is CC(C)(C)C1=CC(c2cccc3ccccc23)(c2cccc3ccccc23)C2=c3cc(C(C)(C)C)ccc3=[SiH]C2=C1. The van der Waals surface area contributed by atoms with Gasteiger partial charge in [-0.2, -0.15) is 0 Å². The molecule has 0 unspecified atom stereocenters. The summed E-state index contributed by atoms with van der Waals surface area (Å²) in [6.07, 6.45) is 5.20. The molecule has 0 saturated carbocycles. The number of allylic oxidation sites excluding steroid dienone is 4. The smallest absolute Gasteiger partial charge is 0.0616 e. The quantitative estimate of drug-likeness (QED) is 0.194. The van der Waals surface area contributed by atoms with Gasteiger partial charge in [0.25, 0.3) is 0 Å². The Morgan fingerprint density at radius 3 is 1.71 bits per heavy atom. The molecule has 1 heterocycles. The second-order valence-corrected chi connectivity index (χ2v) is 15.4. The van der Waals surface area contributed by atoms with E-state index in [0.29, 0.717) is 0 Å². The highest BCUT2D eigenvalue weighted by Gasteiger charge is 2.44. The first kappa shape index (κ1) is 26.1. The number of benzene rings is 5. The molecule has 7 rings (SSSR count). The van der Waals surface area contributed by atoms with Crippen molar-refractivity contribution in [3.05, 3.63) is 153 Å². The van der Waals surface area contributed by atoms with Gasteiger partial charge in [-0.1, -0.05) is 157 Å². The summed E-state index contributed by atoms with van der Waals surface area (Å²) >= 11 is 0. The Morgan fingerprint density at radius 2 is 1.15 bits per heavy atom. The molecule has 0 N–H and O–H groups in total. The minimum Gasteiger partial charge on any atom is -0.0616 e. The molecule has 2 aliphatic rings. The lowest BCUT2D eigenvalue weighted by molar-refractivity contribution is 0.509. The lowest BCUT2D eigenvalue weighted by Crippen LogP contribution is -2.35. The van der Waals surface area contributed by atoms with Crippen LogP contribution in [0, 0.1) is 10.2 Å². The van der Waals surface area contributed by atoms with Crippen LogP contribution in [0.5, 0.6) is 0 Å². The van der Waals surface area contributed by atoms with E-state index in [1.54, 1.807) is 5.20 Å². The van der Waals surface area contributed by atoms with E-state index in [1.807, 2.05) is 0 Å². The van der Waals surface area contributed by atoms with Crippen LogP contribution in [0.4, 0.5) is 0 Å². The topological polar surface area (TPSA) is 0 Å². The molecule has 0 fully saturated rings. The van der Waals surface area contributed by atoms with Crippen molar-refractivity contribution in [2.45, 2.75) is 52.4 Å². The van der Waals surface area contributed by atoms with E-state index in [2.05, 4.69) is 157 Å². The predicted molar refractivity (Wildman–Crippen MR) is 178 cm³/mol. The number of hydrogen-bond acceptors (Lipinski definition) is 0. The van der Waals surface area contributed by atoms with E-state index >= 15 is 0 Å². The molecule has 1 heteroatoms. The molecule has 41 heavy (non-hydrogen) atoms. The second-order valence-electron chi connectivity index (χ2n) is 13.9.